The van der Waals surface area contributed by atoms with Crippen molar-refractivity contribution in [3.05, 3.63) is 0 Å². The summed E-state index contributed by atoms with van der Waals surface area (Å²) in [5, 5.41) is 13.5. The highest BCUT2D eigenvalue weighted by molar-refractivity contribution is 6.06. The minimum absolute atomic E-state index is 0.0872. The van der Waals surface area contributed by atoms with Crippen molar-refractivity contribution in [2.24, 2.45) is 0 Å². The first-order valence-electron chi connectivity index (χ1n) is 6.61. The second-order valence-corrected chi connectivity index (χ2v) is 6.23. The fourth-order valence-corrected chi connectivity index (χ4v) is 1.95. The van der Waals surface area contributed by atoms with Crippen molar-refractivity contribution in [3.63, 3.8) is 0 Å². The fraction of sp³-hybridized carbons (Fsp3) is 0.692. The van der Waals surface area contributed by atoms with Gasteiger partial charge in [-0.05, 0) is 34.1 Å². The van der Waals surface area contributed by atoms with Gasteiger partial charge in [-0.3, -0.25) is 19.7 Å². The molecule has 1 saturated heterocycles. The third-order valence-corrected chi connectivity index (χ3v) is 3.44. The lowest BCUT2D eigenvalue weighted by Crippen LogP contribution is -2.68. The van der Waals surface area contributed by atoms with Gasteiger partial charge in [0.1, 0.15) is 12.1 Å². The molecule has 1 heterocycles. The van der Waals surface area contributed by atoms with Crippen molar-refractivity contribution >= 4 is 23.8 Å². The molecule has 1 rings (SSSR count). The lowest BCUT2D eigenvalue weighted by atomic mass is 9.97. The largest absolute Gasteiger partial charge is 0.481 e. The first-order valence-corrected chi connectivity index (χ1v) is 6.61. The number of urea groups is 1. The number of nitrogens with zero attached hydrogens (tertiary/aromatic N) is 1. The van der Waals surface area contributed by atoms with Gasteiger partial charge in [0.15, 0.2) is 0 Å². The summed E-state index contributed by atoms with van der Waals surface area (Å²) in [5.41, 5.74) is -1.91. The highest BCUT2D eigenvalue weighted by Gasteiger charge is 2.44. The molecule has 3 N–H and O–H groups in total. The maximum absolute atomic E-state index is 12.3. The maximum atomic E-state index is 12.3. The molecular formula is C13H21N3O5. The molecule has 0 aliphatic carbocycles. The molecule has 8 heteroatoms. The second kappa shape index (κ2) is 5.71. The van der Waals surface area contributed by atoms with Gasteiger partial charge >= 0.3 is 12.0 Å². The Kier molecular flexibility index (Phi) is 4.60. The Balaban J connectivity index is 2.79. The smallest absolute Gasteiger partial charge is 0.319 e. The van der Waals surface area contributed by atoms with E-state index in [4.69, 9.17) is 5.11 Å². The van der Waals surface area contributed by atoms with Crippen LogP contribution in [0, 0.1) is 0 Å². The Morgan fingerprint density at radius 3 is 2.48 bits per heavy atom. The Morgan fingerprint density at radius 1 is 1.38 bits per heavy atom. The number of carbonyl (C=O) groups excluding carboxylic acids is 3. The van der Waals surface area contributed by atoms with Crippen LogP contribution in [0.4, 0.5) is 4.79 Å². The minimum atomic E-state index is -1.15. The van der Waals surface area contributed by atoms with Gasteiger partial charge in [0.25, 0.3) is 5.91 Å². The van der Waals surface area contributed by atoms with E-state index in [2.05, 4.69) is 10.6 Å². The molecule has 0 atom stereocenters. The van der Waals surface area contributed by atoms with E-state index in [1.807, 2.05) is 0 Å². The Labute approximate surface area is 122 Å². The zero-order valence-electron chi connectivity index (χ0n) is 12.6. The number of hydrogen-bond acceptors (Lipinski definition) is 4. The lowest BCUT2D eigenvalue weighted by molar-refractivity contribution is -0.142. The third-order valence-electron chi connectivity index (χ3n) is 3.44. The van der Waals surface area contributed by atoms with E-state index in [0.717, 1.165) is 4.90 Å². The van der Waals surface area contributed by atoms with E-state index >= 15 is 0 Å². The van der Waals surface area contributed by atoms with Gasteiger partial charge in [0, 0.05) is 12.0 Å². The van der Waals surface area contributed by atoms with E-state index in [0.29, 0.717) is 0 Å². The molecule has 1 aliphatic heterocycles. The molecule has 118 valence electrons. The number of amides is 4. The number of rotatable bonds is 4. The molecule has 21 heavy (non-hydrogen) atoms. The Morgan fingerprint density at radius 2 is 1.95 bits per heavy atom. The number of nitrogens with one attached hydrogen (secondary N) is 2. The monoisotopic (exact) mass is 299 g/mol. The molecule has 0 saturated carbocycles. The van der Waals surface area contributed by atoms with E-state index in [1.54, 1.807) is 27.7 Å². The molecule has 0 bridgehead atoms. The zero-order valence-corrected chi connectivity index (χ0v) is 12.6. The number of hydrogen-bond donors (Lipinski definition) is 3. The van der Waals surface area contributed by atoms with E-state index in [9.17, 15) is 19.2 Å². The summed E-state index contributed by atoms with van der Waals surface area (Å²) in [7, 11) is 0. The van der Waals surface area contributed by atoms with Crippen molar-refractivity contribution in [3.8, 4) is 0 Å². The van der Waals surface area contributed by atoms with Gasteiger partial charge in [0.05, 0.1) is 0 Å². The van der Waals surface area contributed by atoms with Gasteiger partial charge < -0.3 is 15.3 Å². The van der Waals surface area contributed by atoms with Crippen LogP contribution in [0.15, 0.2) is 0 Å². The first-order chi connectivity index (χ1) is 9.45. The number of carbonyl (C=O) groups is 4. The number of imide groups is 1. The average Bonchev–Trinajstić information content (AvgIpc) is 2.31. The second-order valence-electron chi connectivity index (χ2n) is 6.23. The third kappa shape index (κ3) is 4.17. The predicted molar refractivity (Wildman–Crippen MR) is 73.4 cm³/mol. The topological polar surface area (TPSA) is 116 Å². The zero-order chi connectivity index (χ0) is 16.4. The van der Waals surface area contributed by atoms with Crippen LogP contribution >= 0.6 is 0 Å². The summed E-state index contributed by atoms with van der Waals surface area (Å²) >= 11 is 0. The minimum Gasteiger partial charge on any atom is -0.481 e. The summed E-state index contributed by atoms with van der Waals surface area (Å²) in [6, 6.07) is -0.571. The molecule has 0 spiro atoms. The number of piperazine rings is 1. The lowest BCUT2D eigenvalue weighted by Gasteiger charge is -2.41. The molecule has 8 nitrogen and oxygen atoms in total. The fourth-order valence-electron chi connectivity index (χ4n) is 1.95. The van der Waals surface area contributed by atoms with Crippen molar-refractivity contribution in [1.82, 2.24) is 15.5 Å². The summed E-state index contributed by atoms with van der Waals surface area (Å²) in [4.78, 5) is 47.3. The molecule has 0 aromatic rings. The quantitative estimate of drug-likeness (QED) is 0.636. The summed E-state index contributed by atoms with van der Waals surface area (Å²) in [5.74, 6) is -2.04. The first kappa shape index (κ1) is 16.9. The molecule has 0 radical (unpaired) electrons. The van der Waals surface area contributed by atoms with Gasteiger partial charge in [-0.25, -0.2) is 4.79 Å². The predicted octanol–water partition coefficient (Wildman–Crippen LogP) is 0.0764. The van der Waals surface area contributed by atoms with Crippen LogP contribution in [0.3, 0.4) is 0 Å². The normalized spacial score (nSPS) is 18.2. The Bertz CT molecular complexity index is 484. The highest BCUT2D eigenvalue weighted by Crippen LogP contribution is 2.20. The van der Waals surface area contributed by atoms with E-state index in [1.165, 1.54) is 0 Å². The highest BCUT2D eigenvalue weighted by atomic mass is 16.4. The standard InChI is InChI=1S/C13H21N3O5/c1-12(2,6-5-9(18)19)15-11(21)16-7-8(17)14-10(20)13(16,3)4/h5-7H2,1-4H3,(H,15,21)(H,18,19)(H,14,17,20). The van der Waals surface area contributed by atoms with Crippen LogP contribution in [0.25, 0.3) is 0 Å². The van der Waals surface area contributed by atoms with Crippen LogP contribution in [-0.4, -0.2) is 51.4 Å². The van der Waals surface area contributed by atoms with Gasteiger partial charge in [-0.15, -0.1) is 0 Å². The van der Waals surface area contributed by atoms with Gasteiger partial charge in [0.2, 0.25) is 5.91 Å². The Hall–Kier alpha value is -2.12. The number of aliphatic carboxylic acids is 1. The average molecular weight is 299 g/mol. The van der Waals surface area contributed by atoms with Crippen LogP contribution in [-0.2, 0) is 14.4 Å². The van der Waals surface area contributed by atoms with Crippen LogP contribution in [0.2, 0.25) is 0 Å². The van der Waals surface area contributed by atoms with Gasteiger partial charge in [-0.2, -0.15) is 0 Å². The van der Waals surface area contributed by atoms with Crippen molar-refractivity contribution in [2.75, 3.05) is 6.54 Å². The number of carboxylic acid groups (broad SMARTS) is 1. The van der Waals surface area contributed by atoms with Crippen molar-refractivity contribution in [2.45, 2.75) is 51.6 Å². The maximum Gasteiger partial charge on any atom is 0.319 e. The van der Waals surface area contributed by atoms with Crippen LogP contribution in [0.1, 0.15) is 40.5 Å². The SMILES string of the molecule is CC(C)(CCC(=O)O)NC(=O)N1CC(=O)NC(=O)C1(C)C. The van der Waals surface area contributed by atoms with Gasteiger partial charge in [-0.1, -0.05) is 0 Å². The molecule has 0 unspecified atom stereocenters. The van der Waals surface area contributed by atoms with Crippen molar-refractivity contribution in [1.29, 1.82) is 0 Å². The molecule has 1 aliphatic rings. The summed E-state index contributed by atoms with van der Waals surface area (Å²) < 4.78 is 0. The number of carboxylic acids is 1. The summed E-state index contributed by atoms with van der Waals surface area (Å²) in [6.07, 6.45) is 0.151. The van der Waals surface area contributed by atoms with Crippen LogP contribution < -0.4 is 10.6 Å². The van der Waals surface area contributed by atoms with E-state index in [-0.39, 0.29) is 19.4 Å². The molecular weight excluding hydrogens is 278 g/mol. The molecule has 0 aromatic carbocycles. The van der Waals surface area contributed by atoms with E-state index < -0.39 is 34.9 Å². The van der Waals surface area contributed by atoms with Crippen molar-refractivity contribution < 1.29 is 24.3 Å². The molecule has 4 amide bonds. The molecule has 0 aromatic heterocycles. The molecule has 1 fully saturated rings. The summed E-state index contributed by atoms with van der Waals surface area (Å²) in [6.45, 7) is 6.23. The van der Waals surface area contributed by atoms with Crippen LogP contribution in [0.5, 0.6) is 0 Å².